The summed E-state index contributed by atoms with van der Waals surface area (Å²) in [4.78, 5) is 5.09. The Balaban J connectivity index is 1.80. The SMILES string of the molecule is CC1C2CC(C)(CO)CN2CCN1c1ccccc1. The maximum Gasteiger partial charge on any atom is 0.0497 e. The molecule has 2 fully saturated rings. The number of anilines is 1. The van der Waals surface area contributed by atoms with Crippen LogP contribution in [0.25, 0.3) is 0 Å². The van der Waals surface area contributed by atoms with Crippen molar-refractivity contribution in [2.24, 2.45) is 5.41 Å². The van der Waals surface area contributed by atoms with Gasteiger partial charge in [-0.15, -0.1) is 0 Å². The maximum absolute atomic E-state index is 9.60. The predicted octanol–water partition coefficient (Wildman–Crippen LogP) is 1.97. The quantitative estimate of drug-likeness (QED) is 0.880. The molecule has 0 radical (unpaired) electrons. The summed E-state index contributed by atoms with van der Waals surface area (Å²) in [5.74, 6) is 0. The van der Waals surface area contributed by atoms with Crippen molar-refractivity contribution in [2.45, 2.75) is 32.4 Å². The minimum atomic E-state index is 0.0889. The minimum Gasteiger partial charge on any atom is -0.396 e. The minimum absolute atomic E-state index is 0.0889. The molecule has 2 aliphatic rings. The number of hydrogen-bond donors (Lipinski definition) is 1. The molecule has 1 aromatic carbocycles. The van der Waals surface area contributed by atoms with E-state index in [-0.39, 0.29) is 5.41 Å². The molecule has 0 saturated carbocycles. The highest BCUT2D eigenvalue weighted by atomic mass is 16.3. The molecule has 2 saturated heterocycles. The average Bonchev–Trinajstić information content (AvgIpc) is 2.79. The van der Waals surface area contributed by atoms with Gasteiger partial charge in [-0.2, -0.15) is 0 Å². The third-order valence-electron chi connectivity index (χ3n) is 4.90. The van der Waals surface area contributed by atoms with Gasteiger partial charge < -0.3 is 10.0 Å². The second-order valence-corrected chi connectivity index (χ2v) is 6.48. The molecule has 0 amide bonds. The molecule has 3 unspecified atom stereocenters. The Bertz CT molecular complexity index is 436. The fourth-order valence-electron chi connectivity index (χ4n) is 3.77. The summed E-state index contributed by atoms with van der Waals surface area (Å²) < 4.78 is 0. The lowest BCUT2D eigenvalue weighted by atomic mass is 9.87. The normalized spacial score (nSPS) is 35.4. The summed E-state index contributed by atoms with van der Waals surface area (Å²) in [6.07, 6.45) is 1.11. The first-order chi connectivity index (χ1) is 9.13. The van der Waals surface area contributed by atoms with Gasteiger partial charge >= 0.3 is 0 Å². The van der Waals surface area contributed by atoms with Gasteiger partial charge in [-0.3, -0.25) is 4.90 Å². The smallest absolute Gasteiger partial charge is 0.0497 e. The van der Waals surface area contributed by atoms with Crippen molar-refractivity contribution in [2.75, 3.05) is 31.1 Å². The molecule has 3 heteroatoms. The van der Waals surface area contributed by atoms with E-state index in [4.69, 9.17) is 0 Å². The van der Waals surface area contributed by atoms with Crippen molar-refractivity contribution in [3.63, 3.8) is 0 Å². The van der Waals surface area contributed by atoms with Crippen LogP contribution < -0.4 is 4.90 Å². The molecule has 2 heterocycles. The number of aliphatic hydroxyl groups is 1. The number of benzene rings is 1. The summed E-state index contributed by atoms with van der Waals surface area (Å²) in [5, 5.41) is 9.60. The second-order valence-electron chi connectivity index (χ2n) is 6.48. The van der Waals surface area contributed by atoms with Crippen LogP contribution >= 0.6 is 0 Å². The summed E-state index contributed by atoms with van der Waals surface area (Å²) in [6.45, 7) is 8.08. The molecule has 0 aromatic heterocycles. The molecule has 0 aliphatic carbocycles. The van der Waals surface area contributed by atoms with E-state index >= 15 is 0 Å². The highest BCUT2D eigenvalue weighted by molar-refractivity contribution is 5.48. The van der Waals surface area contributed by atoms with Gasteiger partial charge in [0.15, 0.2) is 0 Å². The lowest BCUT2D eigenvalue weighted by molar-refractivity contribution is 0.143. The Labute approximate surface area is 115 Å². The number of piperazine rings is 1. The Hall–Kier alpha value is -1.06. The summed E-state index contributed by atoms with van der Waals surface area (Å²) >= 11 is 0. The number of aliphatic hydroxyl groups excluding tert-OH is 1. The molecule has 0 spiro atoms. The highest BCUT2D eigenvalue weighted by Crippen LogP contribution is 2.39. The molecule has 3 atom stereocenters. The van der Waals surface area contributed by atoms with Crippen LogP contribution in [-0.2, 0) is 0 Å². The van der Waals surface area contributed by atoms with E-state index in [2.05, 4.69) is 54.0 Å². The highest BCUT2D eigenvalue weighted by Gasteiger charge is 2.45. The molecular formula is C16H24N2O. The van der Waals surface area contributed by atoms with Gasteiger partial charge in [0, 0.05) is 49.4 Å². The number of para-hydroxylation sites is 1. The Morgan fingerprint density at radius 2 is 2.00 bits per heavy atom. The molecule has 3 rings (SSSR count). The van der Waals surface area contributed by atoms with E-state index in [1.54, 1.807) is 0 Å². The van der Waals surface area contributed by atoms with Crippen LogP contribution in [0, 0.1) is 5.41 Å². The Morgan fingerprint density at radius 1 is 1.26 bits per heavy atom. The van der Waals surface area contributed by atoms with Gasteiger partial charge in [0.2, 0.25) is 0 Å². The van der Waals surface area contributed by atoms with Crippen molar-refractivity contribution < 1.29 is 5.11 Å². The van der Waals surface area contributed by atoms with Crippen LogP contribution in [0.5, 0.6) is 0 Å². The maximum atomic E-state index is 9.60. The van der Waals surface area contributed by atoms with Crippen LogP contribution in [0.15, 0.2) is 30.3 Å². The first kappa shape index (κ1) is 12.9. The third-order valence-corrected chi connectivity index (χ3v) is 4.90. The lowest BCUT2D eigenvalue weighted by Crippen LogP contribution is -2.56. The van der Waals surface area contributed by atoms with Crippen molar-refractivity contribution in [1.29, 1.82) is 0 Å². The predicted molar refractivity (Wildman–Crippen MR) is 78.4 cm³/mol. The van der Waals surface area contributed by atoms with E-state index in [1.807, 2.05) is 0 Å². The summed E-state index contributed by atoms with van der Waals surface area (Å²) in [5.41, 5.74) is 1.42. The van der Waals surface area contributed by atoms with Gasteiger partial charge in [-0.25, -0.2) is 0 Å². The standard InChI is InChI=1S/C16H24N2O/c1-13-15-10-16(2,12-19)11-17(15)8-9-18(13)14-6-4-3-5-7-14/h3-7,13,15,19H,8-12H2,1-2H3. The van der Waals surface area contributed by atoms with Crippen LogP contribution in [0.1, 0.15) is 20.3 Å². The molecule has 104 valence electrons. The zero-order valence-corrected chi connectivity index (χ0v) is 11.9. The molecule has 0 bridgehead atoms. The van der Waals surface area contributed by atoms with Crippen LogP contribution in [0.3, 0.4) is 0 Å². The van der Waals surface area contributed by atoms with E-state index in [0.29, 0.717) is 18.7 Å². The van der Waals surface area contributed by atoms with Crippen molar-refractivity contribution in [1.82, 2.24) is 4.90 Å². The summed E-state index contributed by atoms with van der Waals surface area (Å²) in [6, 6.07) is 11.8. The number of nitrogens with zero attached hydrogens (tertiary/aromatic N) is 2. The monoisotopic (exact) mass is 260 g/mol. The van der Waals surface area contributed by atoms with E-state index in [0.717, 1.165) is 26.1 Å². The van der Waals surface area contributed by atoms with E-state index in [9.17, 15) is 5.11 Å². The van der Waals surface area contributed by atoms with Crippen molar-refractivity contribution >= 4 is 5.69 Å². The summed E-state index contributed by atoms with van der Waals surface area (Å²) in [7, 11) is 0. The first-order valence-corrected chi connectivity index (χ1v) is 7.30. The Morgan fingerprint density at radius 3 is 2.68 bits per heavy atom. The van der Waals surface area contributed by atoms with Crippen LogP contribution in [0.2, 0.25) is 0 Å². The van der Waals surface area contributed by atoms with Gasteiger partial charge in [-0.1, -0.05) is 25.1 Å². The van der Waals surface area contributed by atoms with Crippen LogP contribution in [-0.4, -0.2) is 48.3 Å². The number of fused-ring (bicyclic) bond motifs is 1. The van der Waals surface area contributed by atoms with Gasteiger partial charge in [0.1, 0.15) is 0 Å². The fraction of sp³-hybridized carbons (Fsp3) is 0.625. The van der Waals surface area contributed by atoms with Crippen LogP contribution in [0.4, 0.5) is 5.69 Å². The van der Waals surface area contributed by atoms with E-state index < -0.39 is 0 Å². The second kappa shape index (κ2) is 4.80. The van der Waals surface area contributed by atoms with Gasteiger partial charge in [0.05, 0.1) is 0 Å². The molecule has 3 nitrogen and oxygen atoms in total. The molecule has 19 heavy (non-hydrogen) atoms. The number of hydrogen-bond acceptors (Lipinski definition) is 3. The van der Waals surface area contributed by atoms with Crippen molar-refractivity contribution in [3.05, 3.63) is 30.3 Å². The molecule has 2 aliphatic heterocycles. The third kappa shape index (κ3) is 2.26. The van der Waals surface area contributed by atoms with Crippen molar-refractivity contribution in [3.8, 4) is 0 Å². The lowest BCUT2D eigenvalue weighted by Gasteiger charge is -2.44. The zero-order chi connectivity index (χ0) is 13.5. The fourth-order valence-corrected chi connectivity index (χ4v) is 3.77. The van der Waals surface area contributed by atoms with Gasteiger partial charge in [0.25, 0.3) is 0 Å². The van der Waals surface area contributed by atoms with E-state index in [1.165, 1.54) is 5.69 Å². The molecule has 1 N–H and O–H groups in total. The largest absolute Gasteiger partial charge is 0.396 e. The number of rotatable bonds is 2. The average molecular weight is 260 g/mol. The molecular weight excluding hydrogens is 236 g/mol. The topological polar surface area (TPSA) is 26.7 Å². The Kier molecular flexibility index (Phi) is 3.27. The van der Waals surface area contributed by atoms with Gasteiger partial charge in [-0.05, 0) is 25.5 Å². The first-order valence-electron chi connectivity index (χ1n) is 7.30. The molecule has 1 aromatic rings. The zero-order valence-electron chi connectivity index (χ0n) is 11.9.